The summed E-state index contributed by atoms with van der Waals surface area (Å²) in [6, 6.07) is 10.3. The van der Waals surface area contributed by atoms with Gasteiger partial charge in [0.15, 0.2) is 11.3 Å². The van der Waals surface area contributed by atoms with Crippen molar-refractivity contribution in [1.29, 1.82) is 0 Å². The Labute approximate surface area is 166 Å². The molecule has 0 aliphatic rings. The number of hydrogen-bond acceptors (Lipinski definition) is 6. The minimum atomic E-state index is -1.04. The monoisotopic (exact) mass is 399 g/mol. The van der Waals surface area contributed by atoms with Crippen molar-refractivity contribution in [3.63, 3.8) is 0 Å². The summed E-state index contributed by atoms with van der Waals surface area (Å²) < 4.78 is 10.5. The van der Waals surface area contributed by atoms with Gasteiger partial charge in [-0.15, -0.1) is 0 Å². The van der Waals surface area contributed by atoms with Gasteiger partial charge < -0.3 is 14.8 Å². The second-order valence-corrected chi connectivity index (χ2v) is 6.42. The Kier molecular flexibility index (Phi) is 5.75. The van der Waals surface area contributed by atoms with Gasteiger partial charge in [-0.3, -0.25) is 9.78 Å². The molecule has 0 radical (unpaired) electrons. The summed E-state index contributed by atoms with van der Waals surface area (Å²) in [7, 11) is 1.56. The molecule has 2 aromatic heterocycles. The molecule has 1 atom stereocenters. The van der Waals surface area contributed by atoms with E-state index in [0.717, 1.165) is 10.9 Å². The van der Waals surface area contributed by atoms with Gasteiger partial charge in [0.05, 0.1) is 29.6 Å². The minimum absolute atomic E-state index is 0.151. The zero-order chi connectivity index (χ0) is 20.3. The predicted molar refractivity (Wildman–Crippen MR) is 106 cm³/mol. The molecule has 1 N–H and O–H groups in total. The van der Waals surface area contributed by atoms with Crippen LogP contribution in [0, 0.1) is 6.92 Å². The van der Waals surface area contributed by atoms with Crippen LogP contribution in [-0.2, 0) is 9.53 Å². The summed E-state index contributed by atoms with van der Waals surface area (Å²) in [5.41, 5.74) is 1.85. The molecule has 0 saturated carbocycles. The molecule has 8 heteroatoms. The highest BCUT2D eigenvalue weighted by molar-refractivity contribution is 6.32. The number of methoxy groups -OCH3 is 1. The SMILES string of the molecule is COc1ccc2nc(C)c(C(=O)OC(C)C(=O)Nc3cccnc3Cl)cc2c1. The molecule has 1 unspecified atom stereocenters. The third kappa shape index (κ3) is 4.20. The molecule has 0 bridgehead atoms. The number of rotatable bonds is 5. The number of anilines is 1. The van der Waals surface area contributed by atoms with E-state index in [0.29, 0.717) is 17.1 Å². The highest BCUT2D eigenvalue weighted by Crippen LogP contribution is 2.23. The Morgan fingerprint density at radius 2 is 2.00 bits per heavy atom. The van der Waals surface area contributed by atoms with Gasteiger partial charge in [-0.2, -0.15) is 0 Å². The standard InChI is InChI=1S/C20H18ClN3O4/c1-11-15(10-13-9-14(27-3)6-7-16(13)23-11)20(26)28-12(2)19(25)24-17-5-4-8-22-18(17)21/h4-10,12H,1-3H3,(H,24,25). The van der Waals surface area contributed by atoms with Crippen LogP contribution < -0.4 is 10.1 Å². The van der Waals surface area contributed by atoms with Gasteiger partial charge in [0.2, 0.25) is 0 Å². The molecule has 0 saturated heterocycles. The van der Waals surface area contributed by atoms with Crippen LogP contribution >= 0.6 is 11.6 Å². The summed E-state index contributed by atoms with van der Waals surface area (Å²) in [5.74, 6) is -0.510. The summed E-state index contributed by atoms with van der Waals surface area (Å²) in [4.78, 5) is 33.2. The first-order valence-electron chi connectivity index (χ1n) is 8.47. The molecule has 28 heavy (non-hydrogen) atoms. The molecule has 0 spiro atoms. The van der Waals surface area contributed by atoms with Crippen LogP contribution in [0.3, 0.4) is 0 Å². The Morgan fingerprint density at radius 3 is 2.71 bits per heavy atom. The van der Waals surface area contributed by atoms with Crippen LogP contribution in [0.5, 0.6) is 5.75 Å². The van der Waals surface area contributed by atoms with Crippen LogP contribution in [0.4, 0.5) is 5.69 Å². The van der Waals surface area contributed by atoms with E-state index in [2.05, 4.69) is 15.3 Å². The van der Waals surface area contributed by atoms with E-state index >= 15 is 0 Å². The summed E-state index contributed by atoms with van der Waals surface area (Å²) in [5, 5.41) is 3.47. The fourth-order valence-corrected chi connectivity index (χ4v) is 2.74. The fraction of sp³-hybridized carbons (Fsp3) is 0.200. The normalized spacial score (nSPS) is 11.7. The zero-order valence-corrected chi connectivity index (χ0v) is 16.3. The summed E-state index contributed by atoms with van der Waals surface area (Å²) in [6.07, 6.45) is 0.468. The average Bonchev–Trinajstić information content (AvgIpc) is 2.68. The number of benzene rings is 1. The van der Waals surface area contributed by atoms with Crippen LogP contribution in [0.25, 0.3) is 10.9 Å². The molecule has 0 fully saturated rings. The van der Waals surface area contributed by atoms with Crippen molar-refractivity contribution >= 4 is 40.1 Å². The third-order valence-electron chi connectivity index (χ3n) is 4.10. The number of fused-ring (bicyclic) bond motifs is 1. The lowest BCUT2D eigenvalue weighted by Crippen LogP contribution is -2.30. The van der Waals surface area contributed by atoms with Crippen LogP contribution in [0.15, 0.2) is 42.6 Å². The molecule has 0 aliphatic carbocycles. The Bertz CT molecular complexity index is 1050. The molecule has 3 aromatic rings. The summed E-state index contributed by atoms with van der Waals surface area (Å²) in [6.45, 7) is 3.19. The Morgan fingerprint density at radius 1 is 1.21 bits per heavy atom. The largest absolute Gasteiger partial charge is 0.497 e. The first kappa shape index (κ1) is 19.6. The van der Waals surface area contributed by atoms with E-state index in [9.17, 15) is 9.59 Å². The van der Waals surface area contributed by atoms with E-state index in [4.69, 9.17) is 21.1 Å². The molecule has 144 valence electrons. The number of esters is 1. The van der Waals surface area contributed by atoms with Gasteiger partial charge in [0.25, 0.3) is 5.91 Å². The smallest absolute Gasteiger partial charge is 0.340 e. The van der Waals surface area contributed by atoms with Gasteiger partial charge in [0, 0.05) is 11.6 Å². The second-order valence-electron chi connectivity index (χ2n) is 6.06. The van der Waals surface area contributed by atoms with E-state index in [-0.39, 0.29) is 10.7 Å². The molecule has 1 aromatic carbocycles. The number of ether oxygens (including phenoxy) is 2. The van der Waals surface area contributed by atoms with Gasteiger partial charge in [0.1, 0.15) is 5.75 Å². The minimum Gasteiger partial charge on any atom is -0.497 e. The highest BCUT2D eigenvalue weighted by Gasteiger charge is 2.22. The molecule has 2 heterocycles. The predicted octanol–water partition coefficient (Wildman–Crippen LogP) is 3.78. The molecule has 7 nitrogen and oxygen atoms in total. The summed E-state index contributed by atoms with van der Waals surface area (Å²) >= 11 is 5.92. The van der Waals surface area contributed by atoms with Crippen molar-refractivity contribution in [2.45, 2.75) is 20.0 Å². The molecule has 0 aliphatic heterocycles. The van der Waals surface area contributed by atoms with Crippen molar-refractivity contribution in [2.24, 2.45) is 0 Å². The van der Waals surface area contributed by atoms with E-state index < -0.39 is 18.0 Å². The number of pyridine rings is 2. The highest BCUT2D eigenvalue weighted by atomic mass is 35.5. The third-order valence-corrected chi connectivity index (χ3v) is 4.40. The number of aromatic nitrogens is 2. The van der Waals surface area contributed by atoms with Crippen molar-refractivity contribution in [2.75, 3.05) is 12.4 Å². The average molecular weight is 400 g/mol. The number of nitrogens with zero attached hydrogens (tertiary/aromatic N) is 2. The van der Waals surface area contributed by atoms with Gasteiger partial charge in [-0.05, 0) is 50.2 Å². The maximum atomic E-state index is 12.6. The number of carbonyl (C=O) groups excluding carboxylic acids is 2. The van der Waals surface area contributed by atoms with E-state index in [1.165, 1.54) is 13.1 Å². The lowest BCUT2D eigenvalue weighted by molar-refractivity contribution is -0.123. The number of carbonyl (C=O) groups is 2. The maximum absolute atomic E-state index is 12.6. The fourth-order valence-electron chi connectivity index (χ4n) is 2.58. The Hall–Kier alpha value is -3.19. The van der Waals surface area contributed by atoms with Crippen LogP contribution in [0.2, 0.25) is 5.15 Å². The lowest BCUT2D eigenvalue weighted by atomic mass is 10.1. The van der Waals surface area contributed by atoms with Crippen LogP contribution in [0.1, 0.15) is 23.0 Å². The molecule has 3 rings (SSSR count). The second kappa shape index (κ2) is 8.22. The number of nitrogens with one attached hydrogen (secondary N) is 1. The van der Waals surface area contributed by atoms with E-state index in [1.807, 2.05) is 6.07 Å². The van der Waals surface area contributed by atoms with Gasteiger partial charge in [-0.25, -0.2) is 9.78 Å². The number of aryl methyl sites for hydroxylation is 1. The molecular formula is C20H18ClN3O4. The number of hydrogen-bond donors (Lipinski definition) is 1. The Balaban J connectivity index is 1.77. The first-order valence-corrected chi connectivity index (χ1v) is 8.84. The van der Waals surface area contributed by atoms with Gasteiger partial charge >= 0.3 is 5.97 Å². The van der Waals surface area contributed by atoms with E-state index in [1.54, 1.807) is 44.4 Å². The number of amides is 1. The topological polar surface area (TPSA) is 90.4 Å². The quantitative estimate of drug-likeness (QED) is 0.518. The number of halogens is 1. The maximum Gasteiger partial charge on any atom is 0.340 e. The lowest BCUT2D eigenvalue weighted by Gasteiger charge is -2.15. The van der Waals surface area contributed by atoms with Crippen molar-refractivity contribution in [3.05, 3.63) is 59.0 Å². The molecule has 1 amide bonds. The van der Waals surface area contributed by atoms with Crippen molar-refractivity contribution in [3.8, 4) is 5.75 Å². The first-order chi connectivity index (χ1) is 13.4. The van der Waals surface area contributed by atoms with Crippen molar-refractivity contribution < 1.29 is 19.1 Å². The van der Waals surface area contributed by atoms with Gasteiger partial charge in [-0.1, -0.05) is 11.6 Å². The zero-order valence-electron chi connectivity index (χ0n) is 15.5. The van der Waals surface area contributed by atoms with Crippen LogP contribution in [-0.4, -0.2) is 35.1 Å². The van der Waals surface area contributed by atoms with Crippen molar-refractivity contribution in [1.82, 2.24) is 9.97 Å². The molecular weight excluding hydrogens is 382 g/mol.